The highest BCUT2D eigenvalue weighted by molar-refractivity contribution is 5.55. The van der Waals surface area contributed by atoms with E-state index in [2.05, 4.69) is 15.3 Å². The van der Waals surface area contributed by atoms with Gasteiger partial charge < -0.3 is 5.11 Å². The molecule has 2 aromatic carbocycles. The van der Waals surface area contributed by atoms with Gasteiger partial charge in [0.15, 0.2) is 5.69 Å². The quantitative estimate of drug-likeness (QED) is 0.429. The van der Waals surface area contributed by atoms with E-state index in [-0.39, 0.29) is 17.3 Å². The summed E-state index contributed by atoms with van der Waals surface area (Å²) in [5.74, 6) is -0.143. The second-order valence-electron chi connectivity index (χ2n) is 5.48. The van der Waals surface area contributed by atoms with Crippen molar-refractivity contribution in [3.63, 3.8) is 0 Å². The van der Waals surface area contributed by atoms with Crippen LogP contribution >= 0.6 is 0 Å². The van der Waals surface area contributed by atoms with E-state index in [4.69, 9.17) is 0 Å². The van der Waals surface area contributed by atoms with Crippen molar-refractivity contribution in [3.05, 3.63) is 69.9 Å². The molecule has 25 heavy (non-hydrogen) atoms. The molecule has 0 unspecified atom stereocenters. The molecule has 1 N–H and O–H groups in total. The van der Waals surface area contributed by atoms with Crippen molar-refractivity contribution in [2.45, 2.75) is 13.8 Å². The second kappa shape index (κ2) is 6.52. The lowest BCUT2D eigenvalue weighted by Gasteiger charge is -2.03. The van der Waals surface area contributed by atoms with Gasteiger partial charge in [-0.25, -0.2) is 0 Å². The fourth-order valence-electron chi connectivity index (χ4n) is 2.27. The molecule has 126 valence electrons. The number of non-ortho nitro benzene ring substituents is 1. The molecular formula is C17H15N5O3. The predicted molar refractivity (Wildman–Crippen MR) is 92.0 cm³/mol. The highest BCUT2D eigenvalue weighted by Gasteiger charge is 2.15. The first-order valence-corrected chi connectivity index (χ1v) is 7.47. The van der Waals surface area contributed by atoms with Gasteiger partial charge in [-0.15, -0.1) is 5.11 Å². The molecular weight excluding hydrogens is 322 g/mol. The Morgan fingerprint density at radius 1 is 1.12 bits per heavy atom. The second-order valence-corrected chi connectivity index (χ2v) is 5.48. The Bertz CT molecular complexity index is 961. The number of hydrogen-bond donors (Lipinski definition) is 1. The zero-order valence-electron chi connectivity index (χ0n) is 13.6. The summed E-state index contributed by atoms with van der Waals surface area (Å²) in [4.78, 5) is 10.3. The lowest BCUT2D eigenvalue weighted by molar-refractivity contribution is -0.384. The van der Waals surface area contributed by atoms with E-state index in [1.165, 1.54) is 22.9 Å². The Balaban J connectivity index is 1.94. The van der Waals surface area contributed by atoms with Crippen LogP contribution in [-0.4, -0.2) is 19.8 Å². The van der Waals surface area contributed by atoms with Crippen LogP contribution in [0.25, 0.3) is 5.69 Å². The summed E-state index contributed by atoms with van der Waals surface area (Å²) in [5.41, 5.74) is 2.74. The maximum Gasteiger partial charge on any atom is 0.271 e. The standard InChI is InChI=1S/C17H15N5O3/c1-11-6-8-14(9-7-11)21-17(23)16(12(2)20-21)19-18-13-4-3-5-15(10-13)22(24)25/h3-10,23H,1-2H3/b19-18+. The molecule has 0 bridgehead atoms. The van der Waals surface area contributed by atoms with Crippen LogP contribution in [0.2, 0.25) is 0 Å². The summed E-state index contributed by atoms with van der Waals surface area (Å²) in [6.07, 6.45) is 0. The largest absolute Gasteiger partial charge is 0.492 e. The fourth-order valence-corrected chi connectivity index (χ4v) is 2.27. The number of aromatic hydroxyl groups is 1. The number of nitro benzene ring substituents is 1. The van der Waals surface area contributed by atoms with E-state index < -0.39 is 4.92 Å². The van der Waals surface area contributed by atoms with E-state index in [1.807, 2.05) is 31.2 Å². The molecule has 0 saturated carbocycles. The maximum atomic E-state index is 10.8. The highest BCUT2D eigenvalue weighted by atomic mass is 16.6. The number of nitrogens with zero attached hydrogens (tertiary/aromatic N) is 5. The Kier molecular flexibility index (Phi) is 4.25. The molecule has 0 radical (unpaired) electrons. The SMILES string of the molecule is Cc1ccc(-n2nc(C)c(/N=N/c3cccc([N+](=O)[O-])c3)c2O)cc1. The van der Waals surface area contributed by atoms with Crippen molar-refractivity contribution >= 4 is 17.1 Å². The third kappa shape index (κ3) is 3.37. The molecule has 3 aromatic rings. The van der Waals surface area contributed by atoms with Crippen LogP contribution < -0.4 is 0 Å². The van der Waals surface area contributed by atoms with E-state index in [1.54, 1.807) is 13.0 Å². The maximum absolute atomic E-state index is 10.8. The zero-order chi connectivity index (χ0) is 18.0. The van der Waals surface area contributed by atoms with Crippen LogP contribution in [-0.2, 0) is 0 Å². The molecule has 0 aliphatic rings. The molecule has 0 atom stereocenters. The molecule has 8 heteroatoms. The first-order chi connectivity index (χ1) is 12.0. The predicted octanol–water partition coefficient (Wildman–Crippen LogP) is 4.52. The number of hydrogen-bond acceptors (Lipinski definition) is 6. The van der Waals surface area contributed by atoms with E-state index in [0.717, 1.165) is 5.56 Å². The van der Waals surface area contributed by atoms with Crippen molar-refractivity contribution in [1.82, 2.24) is 9.78 Å². The normalized spacial score (nSPS) is 11.1. The molecule has 0 saturated heterocycles. The molecule has 0 fully saturated rings. The zero-order valence-corrected chi connectivity index (χ0v) is 13.6. The molecule has 8 nitrogen and oxygen atoms in total. The number of aryl methyl sites for hydroxylation is 2. The third-order valence-electron chi connectivity index (χ3n) is 3.59. The van der Waals surface area contributed by atoms with Crippen molar-refractivity contribution in [2.75, 3.05) is 0 Å². The van der Waals surface area contributed by atoms with Crippen LogP contribution in [0.15, 0.2) is 58.8 Å². The van der Waals surface area contributed by atoms with Gasteiger partial charge in [0.2, 0.25) is 5.88 Å². The summed E-state index contributed by atoms with van der Waals surface area (Å²) in [6.45, 7) is 3.67. The molecule has 1 heterocycles. The Labute approximate surface area is 143 Å². The van der Waals surface area contributed by atoms with Crippen molar-refractivity contribution in [3.8, 4) is 11.6 Å². The molecule has 0 amide bonds. The van der Waals surface area contributed by atoms with Crippen molar-refractivity contribution in [2.24, 2.45) is 10.2 Å². The number of nitro groups is 1. The molecule has 3 rings (SSSR count). The number of rotatable bonds is 4. The lowest BCUT2D eigenvalue weighted by Crippen LogP contribution is -1.95. The number of benzene rings is 2. The summed E-state index contributed by atoms with van der Waals surface area (Å²) in [7, 11) is 0. The van der Waals surface area contributed by atoms with Gasteiger partial charge in [0.05, 0.1) is 22.0 Å². The fraction of sp³-hybridized carbons (Fsp3) is 0.118. The van der Waals surface area contributed by atoms with Gasteiger partial charge in [0.1, 0.15) is 0 Å². The van der Waals surface area contributed by atoms with Crippen molar-refractivity contribution < 1.29 is 10.0 Å². The minimum absolute atomic E-state index is 0.0762. The minimum Gasteiger partial charge on any atom is -0.492 e. The Morgan fingerprint density at radius 2 is 1.84 bits per heavy atom. The first-order valence-electron chi connectivity index (χ1n) is 7.47. The summed E-state index contributed by atoms with van der Waals surface area (Å²) in [6, 6.07) is 13.3. The van der Waals surface area contributed by atoms with Crippen LogP contribution in [0.3, 0.4) is 0 Å². The van der Waals surface area contributed by atoms with Gasteiger partial charge in [-0.05, 0) is 32.0 Å². The van der Waals surface area contributed by atoms with Crippen LogP contribution in [0.4, 0.5) is 17.1 Å². The van der Waals surface area contributed by atoms with Crippen LogP contribution in [0.1, 0.15) is 11.3 Å². The summed E-state index contributed by atoms with van der Waals surface area (Å²) < 4.78 is 1.37. The van der Waals surface area contributed by atoms with E-state index >= 15 is 0 Å². The van der Waals surface area contributed by atoms with Gasteiger partial charge in [-0.1, -0.05) is 23.8 Å². The molecule has 0 aliphatic carbocycles. The number of aromatic nitrogens is 2. The lowest BCUT2D eigenvalue weighted by atomic mass is 10.2. The molecule has 1 aromatic heterocycles. The van der Waals surface area contributed by atoms with E-state index in [9.17, 15) is 15.2 Å². The molecule has 0 spiro atoms. The minimum atomic E-state index is -0.503. The van der Waals surface area contributed by atoms with Crippen molar-refractivity contribution in [1.29, 1.82) is 0 Å². The average molecular weight is 337 g/mol. The topological polar surface area (TPSA) is 106 Å². The van der Waals surface area contributed by atoms with E-state index in [0.29, 0.717) is 17.1 Å². The van der Waals surface area contributed by atoms with Gasteiger partial charge in [0.25, 0.3) is 5.69 Å². The Hall–Kier alpha value is -3.55. The van der Waals surface area contributed by atoms with Crippen LogP contribution in [0.5, 0.6) is 5.88 Å². The summed E-state index contributed by atoms with van der Waals surface area (Å²) in [5, 5.41) is 33.4. The third-order valence-corrected chi connectivity index (χ3v) is 3.59. The number of azo groups is 1. The molecule has 0 aliphatic heterocycles. The smallest absolute Gasteiger partial charge is 0.271 e. The average Bonchev–Trinajstić information content (AvgIpc) is 2.88. The van der Waals surface area contributed by atoms with Gasteiger partial charge >= 0.3 is 0 Å². The van der Waals surface area contributed by atoms with Gasteiger partial charge in [-0.3, -0.25) is 10.1 Å². The van der Waals surface area contributed by atoms with Gasteiger partial charge in [-0.2, -0.15) is 14.9 Å². The van der Waals surface area contributed by atoms with Crippen LogP contribution in [0, 0.1) is 24.0 Å². The first kappa shape index (κ1) is 16.3. The summed E-state index contributed by atoms with van der Waals surface area (Å²) >= 11 is 0. The Morgan fingerprint density at radius 3 is 2.52 bits per heavy atom. The monoisotopic (exact) mass is 337 g/mol. The highest BCUT2D eigenvalue weighted by Crippen LogP contribution is 2.34. The van der Waals surface area contributed by atoms with Gasteiger partial charge in [0, 0.05) is 12.1 Å².